The fourth-order valence-corrected chi connectivity index (χ4v) is 9.29. The van der Waals surface area contributed by atoms with Gasteiger partial charge in [-0.05, 0) is 58.8 Å². The van der Waals surface area contributed by atoms with Gasteiger partial charge in [0.1, 0.15) is 0 Å². The molecule has 0 nitrogen and oxygen atoms in total. The SMILES string of the molecule is C=Cc1ccc(P(c2ccccc2)c2ccccc2)cc1.C=Cc1ccc(P(c2ccccc2)c2ccccc2)cc1. The molecule has 2 heteroatoms. The first-order valence-electron chi connectivity index (χ1n) is 14.0. The average molecular weight is 577 g/mol. The van der Waals surface area contributed by atoms with E-state index in [1.54, 1.807) is 0 Å². The van der Waals surface area contributed by atoms with Crippen LogP contribution in [0, 0.1) is 0 Å². The molecule has 0 atom stereocenters. The Kier molecular flexibility index (Phi) is 10.4. The fourth-order valence-electron chi connectivity index (χ4n) is 4.72. The van der Waals surface area contributed by atoms with Crippen LogP contribution in [0.3, 0.4) is 0 Å². The van der Waals surface area contributed by atoms with Crippen LogP contribution in [0.25, 0.3) is 12.2 Å². The van der Waals surface area contributed by atoms with Gasteiger partial charge in [0.15, 0.2) is 0 Å². The Balaban J connectivity index is 0.000000168. The summed E-state index contributed by atoms with van der Waals surface area (Å²) in [5, 5.41) is 8.26. The van der Waals surface area contributed by atoms with E-state index in [4.69, 9.17) is 0 Å². The Morgan fingerprint density at radius 2 is 0.500 bits per heavy atom. The van der Waals surface area contributed by atoms with Crippen LogP contribution in [0.2, 0.25) is 0 Å². The number of hydrogen-bond donors (Lipinski definition) is 0. The van der Waals surface area contributed by atoms with Crippen molar-refractivity contribution in [1.29, 1.82) is 0 Å². The summed E-state index contributed by atoms with van der Waals surface area (Å²) in [4.78, 5) is 0. The Labute approximate surface area is 253 Å². The number of rotatable bonds is 8. The molecule has 6 aromatic carbocycles. The molecular weight excluding hydrogens is 542 g/mol. The van der Waals surface area contributed by atoms with Crippen LogP contribution in [0.4, 0.5) is 0 Å². The first-order chi connectivity index (χ1) is 20.8. The van der Waals surface area contributed by atoms with Gasteiger partial charge in [-0.1, -0.05) is 195 Å². The highest BCUT2D eigenvalue weighted by Crippen LogP contribution is 2.33. The van der Waals surface area contributed by atoms with E-state index in [1.807, 2.05) is 12.2 Å². The van der Waals surface area contributed by atoms with Crippen molar-refractivity contribution in [3.63, 3.8) is 0 Å². The van der Waals surface area contributed by atoms with Gasteiger partial charge in [0.2, 0.25) is 0 Å². The second-order valence-corrected chi connectivity index (χ2v) is 14.0. The second kappa shape index (κ2) is 15.0. The Morgan fingerprint density at radius 1 is 0.286 bits per heavy atom. The third-order valence-corrected chi connectivity index (χ3v) is 11.7. The summed E-state index contributed by atoms with van der Waals surface area (Å²) in [5.41, 5.74) is 2.32. The van der Waals surface area contributed by atoms with Gasteiger partial charge in [-0.25, -0.2) is 0 Å². The van der Waals surface area contributed by atoms with Gasteiger partial charge in [0.25, 0.3) is 0 Å². The molecule has 0 spiro atoms. The minimum atomic E-state index is -0.498. The predicted molar refractivity (Wildman–Crippen MR) is 190 cm³/mol. The van der Waals surface area contributed by atoms with E-state index < -0.39 is 15.8 Å². The van der Waals surface area contributed by atoms with E-state index in [-0.39, 0.29) is 0 Å². The molecule has 0 aromatic heterocycles. The Morgan fingerprint density at radius 3 is 0.714 bits per heavy atom. The van der Waals surface area contributed by atoms with E-state index in [9.17, 15) is 0 Å². The summed E-state index contributed by atoms with van der Waals surface area (Å²) >= 11 is 0. The maximum atomic E-state index is 3.83. The van der Waals surface area contributed by atoms with Crippen LogP contribution in [0.5, 0.6) is 0 Å². The molecule has 0 fully saturated rings. The van der Waals surface area contributed by atoms with Gasteiger partial charge < -0.3 is 0 Å². The average Bonchev–Trinajstić information content (AvgIpc) is 3.08. The molecule has 0 heterocycles. The molecule has 0 unspecified atom stereocenters. The molecule has 6 aromatic rings. The lowest BCUT2D eigenvalue weighted by molar-refractivity contribution is 1.70. The number of hydrogen-bond acceptors (Lipinski definition) is 0. The monoisotopic (exact) mass is 576 g/mol. The Bertz CT molecular complexity index is 1450. The first kappa shape index (κ1) is 29.2. The Hall–Kier alpha value is -4.34. The fraction of sp³-hybridized carbons (Fsp3) is 0. The summed E-state index contributed by atoms with van der Waals surface area (Å²) in [6.07, 6.45) is 3.77. The molecule has 0 saturated heterocycles. The van der Waals surface area contributed by atoms with Crippen LogP contribution in [0.1, 0.15) is 11.1 Å². The maximum Gasteiger partial charge on any atom is -0.0134 e. The molecule has 0 aliphatic heterocycles. The van der Waals surface area contributed by atoms with Gasteiger partial charge in [0, 0.05) is 0 Å². The van der Waals surface area contributed by atoms with Crippen LogP contribution in [-0.2, 0) is 0 Å². The molecule has 0 aliphatic rings. The highest BCUT2D eigenvalue weighted by molar-refractivity contribution is 7.80. The standard InChI is InChI=1S/2C20H17P/c2*1-2-17-13-15-20(16-14-17)21(18-9-5-3-6-10-18)19-11-7-4-8-12-19/h2*2-16H,1H2. The summed E-state index contributed by atoms with van der Waals surface area (Å²) in [5.74, 6) is 0. The van der Waals surface area contributed by atoms with E-state index in [0.717, 1.165) is 11.1 Å². The maximum absolute atomic E-state index is 3.83. The minimum absolute atomic E-state index is 0.498. The molecule has 0 N–H and O–H groups in total. The molecule has 204 valence electrons. The van der Waals surface area contributed by atoms with Gasteiger partial charge in [-0.15, -0.1) is 0 Å². The zero-order chi connectivity index (χ0) is 29.0. The van der Waals surface area contributed by atoms with Gasteiger partial charge in [0.05, 0.1) is 0 Å². The molecule has 0 bridgehead atoms. The lowest BCUT2D eigenvalue weighted by Gasteiger charge is -2.19. The van der Waals surface area contributed by atoms with Crippen molar-refractivity contribution in [1.82, 2.24) is 0 Å². The largest absolute Gasteiger partial charge is 0.0985 e. The molecule has 0 amide bonds. The topological polar surface area (TPSA) is 0 Å². The van der Waals surface area contributed by atoms with Crippen molar-refractivity contribution >= 4 is 59.8 Å². The van der Waals surface area contributed by atoms with Crippen molar-refractivity contribution in [2.24, 2.45) is 0 Å². The number of benzene rings is 6. The van der Waals surface area contributed by atoms with Crippen molar-refractivity contribution < 1.29 is 0 Å². The van der Waals surface area contributed by atoms with E-state index >= 15 is 0 Å². The molecule has 42 heavy (non-hydrogen) atoms. The van der Waals surface area contributed by atoms with E-state index in [2.05, 4.69) is 183 Å². The summed E-state index contributed by atoms with van der Waals surface area (Å²) in [6, 6.07) is 60.5. The van der Waals surface area contributed by atoms with Gasteiger partial charge in [-0.2, -0.15) is 0 Å². The minimum Gasteiger partial charge on any atom is -0.0985 e. The van der Waals surface area contributed by atoms with Crippen LogP contribution >= 0.6 is 15.8 Å². The normalized spacial score (nSPS) is 10.5. The van der Waals surface area contributed by atoms with Crippen molar-refractivity contribution in [3.05, 3.63) is 194 Å². The summed E-state index contributed by atoms with van der Waals surface area (Å²) < 4.78 is 0. The van der Waals surface area contributed by atoms with Crippen LogP contribution in [0.15, 0.2) is 183 Å². The molecule has 0 saturated carbocycles. The molecule has 0 radical (unpaired) electrons. The van der Waals surface area contributed by atoms with Crippen molar-refractivity contribution in [2.75, 3.05) is 0 Å². The van der Waals surface area contributed by atoms with Crippen molar-refractivity contribution in [3.8, 4) is 0 Å². The van der Waals surface area contributed by atoms with Gasteiger partial charge >= 0.3 is 0 Å². The molecular formula is C40H34P2. The van der Waals surface area contributed by atoms with E-state index in [1.165, 1.54) is 31.8 Å². The highest BCUT2D eigenvalue weighted by atomic mass is 31.1. The highest BCUT2D eigenvalue weighted by Gasteiger charge is 2.16. The lowest BCUT2D eigenvalue weighted by Crippen LogP contribution is -2.20. The predicted octanol–water partition coefficient (Wildman–Crippen LogP) is 8.18. The van der Waals surface area contributed by atoms with Crippen molar-refractivity contribution in [2.45, 2.75) is 0 Å². The smallest absolute Gasteiger partial charge is 0.0134 e. The quantitative estimate of drug-likeness (QED) is 0.160. The molecule has 6 rings (SSSR count). The van der Waals surface area contributed by atoms with E-state index in [0.29, 0.717) is 0 Å². The van der Waals surface area contributed by atoms with Gasteiger partial charge in [-0.3, -0.25) is 0 Å². The summed E-state index contributed by atoms with van der Waals surface area (Å²) in [7, 11) is -0.995. The second-order valence-electron chi connectivity index (χ2n) is 9.60. The zero-order valence-corrected chi connectivity index (χ0v) is 25.4. The summed E-state index contributed by atoms with van der Waals surface area (Å²) in [6.45, 7) is 7.65. The molecule has 0 aliphatic carbocycles. The third kappa shape index (κ3) is 7.48. The zero-order valence-electron chi connectivity index (χ0n) is 23.6. The third-order valence-electron chi connectivity index (χ3n) is 6.83. The first-order valence-corrected chi connectivity index (χ1v) is 16.7. The van der Waals surface area contributed by atoms with Crippen LogP contribution < -0.4 is 31.8 Å². The lowest BCUT2D eigenvalue weighted by atomic mass is 10.2. The van der Waals surface area contributed by atoms with Crippen LogP contribution in [-0.4, -0.2) is 0 Å².